The minimum Gasteiger partial charge on any atom is -0.352 e. The van der Waals surface area contributed by atoms with E-state index in [1.165, 1.54) is 19.8 Å². The van der Waals surface area contributed by atoms with Crippen molar-refractivity contribution in [3.8, 4) is 0 Å². The van der Waals surface area contributed by atoms with Gasteiger partial charge in [-0.3, -0.25) is 4.79 Å². The summed E-state index contributed by atoms with van der Waals surface area (Å²) in [6.45, 7) is 2.11. The molecule has 3 heteroatoms. The predicted molar refractivity (Wildman–Crippen MR) is 39.4 cm³/mol. The maximum atomic E-state index is 10.6. The molecule has 3 N–H and O–H groups in total. The van der Waals surface area contributed by atoms with E-state index in [4.69, 9.17) is 5.73 Å². The maximum Gasteiger partial charge on any atom is 0.217 e. The van der Waals surface area contributed by atoms with Crippen LogP contribution in [0.15, 0.2) is 0 Å². The molecule has 58 valence electrons. The van der Waals surface area contributed by atoms with Gasteiger partial charge in [-0.05, 0) is 18.8 Å². The topological polar surface area (TPSA) is 55.1 Å². The molecule has 0 aromatic heterocycles. The molecule has 0 radical (unpaired) electrons. The van der Waals surface area contributed by atoms with Gasteiger partial charge in [0.05, 0.1) is 0 Å². The van der Waals surface area contributed by atoms with E-state index in [9.17, 15) is 4.79 Å². The Morgan fingerprint density at radius 2 is 2.40 bits per heavy atom. The van der Waals surface area contributed by atoms with Gasteiger partial charge in [0.1, 0.15) is 0 Å². The van der Waals surface area contributed by atoms with Crippen molar-refractivity contribution < 1.29 is 4.79 Å². The number of carbonyl (C=O) groups excluding carboxylic acids is 1. The average Bonchev–Trinajstić information content (AvgIpc) is 2.63. The lowest BCUT2D eigenvalue weighted by Gasteiger charge is -2.13. The Hall–Kier alpha value is -0.570. The van der Waals surface area contributed by atoms with Gasteiger partial charge < -0.3 is 11.1 Å². The monoisotopic (exact) mass is 142 g/mol. The molecule has 0 aromatic carbocycles. The summed E-state index contributed by atoms with van der Waals surface area (Å²) in [6, 6.07) is 0.234. The Morgan fingerprint density at radius 3 is 2.70 bits per heavy atom. The van der Waals surface area contributed by atoms with Crippen LogP contribution in [0.4, 0.5) is 0 Å². The van der Waals surface area contributed by atoms with E-state index in [0.29, 0.717) is 12.5 Å². The van der Waals surface area contributed by atoms with E-state index in [1.807, 2.05) is 0 Å². The summed E-state index contributed by atoms with van der Waals surface area (Å²) in [5.74, 6) is 0.691. The molecule has 10 heavy (non-hydrogen) atoms. The van der Waals surface area contributed by atoms with Crippen LogP contribution in [-0.4, -0.2) is 18.5 Å². The first-order valence-electron chi connectivity index (χ1n) is 3.71. The molecule has 0 bridgehead atoms. The SMILES string of the molecule is CC(=O)NC(CN)C1CC1. The summed E-state index contributed by atoms with van der Waals surface area (Å²) in [6.07, 6.45) is 2.45. The van der Waals surface area contributed by atoms with E-state index >= 15 is 0 Å². The van der Waals surface area contributed by atoms with E-state index in [-0.39, 0.29) is 11.9 Å². The van der Waals surface area contributed by atoms with E-state index in [0.717, 1.165) is 0 Å². The Kier molecular flexibility index (Phi) is 2.27. The molecule has 0 heterocycles. The van der Waals surface area contributed by atoms with Crippen LogP contribution in [-0.2, 0) is 4.79 Å². The lowest BCUT2D eigenvalue weighted by Crippen LogP contribution is -2.40. The van der Waals surface area contributed by atoms with Gasteiger partial charge >= 0.3 is 0 Å². The molecule has 1 rings (SSSR count). The van der Waals surface area contributed by atoms with Crippen molar-refractivity contribution in [3.05, 3.63) is 0 Å². The zero-order valence-electron chi connectivity index (χ0n) is 6.26. The quantitative estimate of drug-likeness (QED) is 0.576. The van der Waals surface area contributed by atoms with Crippen molar-refractivity contribution in [3.63, 3.8) is 0 Å². The largest absolute Gasteiger partial charge is 0.352 e. The summed E-state index contributed by atoms with van der Waals surface area (Å²) in [7, 11) is 0. The third-order valence-electron chi connectivity index (χ3n) is 1.83. The molecule has 1 aliphatic carbocycles. The summed E-state index contributed by atoms with van der Waals surface area (Å²) < 4.78 is 0. The summed E-state index contributed by atoms with van der Waals surface area (Å²) in [5.41, 5.74) is 5.45. The smallest absolute Gasteiger partial charge is 0.217 e. The molecule has 0 spiro atoms. The molecule has 1 unspecified atom stereocenters. The molecule has 0 aromatic rings. The molecule has 0 aliphatic heterocycles. The van der Waals surface area contributed by atoms with Crippen molar-refractivity contribution in [2.75, 3.05) is 6.54 Å². The number of carbonyl (C=O) groups is 1. The first-order valence-corrected chi connectivity index (χ1v) is 3.71. The highest BCUT2D eigenvalue weighted by Crippen LogP contribution is 2.31. The first kappa shape index (κ1) is 7.54. The number of amides is 1. The summed E-state index contributed by atoms with van der Waals surface area (Å²) in [5, 5.41) is 2.83. The molecule has 1 fully saturated rings. The van der Waals surface area contributed by atoms with Crippen LogP contribution in [0.1, 0.15) is 19.8 Å². The van der Waals surface area contributed by atoms with Gasteiger partial charge in [-0.25, -0.2) is 0 Å². The van der Waals surface area contributed by atoms with E-state index in [1.54, 1.807) is 0 Å². The summed E-state index contributed by atoms with van der Waals surface area (Å²) in [4.78, 5) is 10.6. The van der Waals surface area contributed by atoms with Gasteiger partial charge in [0.2, 0.25) is 5.91 Å². The third kappa shape index (κ3) is 1.99. The maximum absolute atomic E-state index is 10.6. The van der Waals surface area contributed by atoms with Crippen LogP contribution >= 0.6 is 0 Å². The van der Waals surface area contributed by atoms with E-state index < -0.39 is 0 Å². The molecule has 1 amide bonds. The van der Waals surface area contributed by atoms with Gasteiger partial charge in [-0.1, -0.05) is 0 Å². The number of hydrogen-bond donors (Lipinski definition) is 2. The highest BCUT2D eigenvalue weighted by Gasteiger charge is 2.30. The molecule has 0 saturated heterocycles. The fourth-order valence-corrected chi connectivity index (χ4v) is 1.13. The minimum atomic E-state index is 0.0300. The standard InChI is InChI=1S/C7H14N2O/c1-5(10)9-7(4-8)6-2-3-6/h6-7H,2-4,8H2,1H3,(H,9,10). The first-order chi connectivity index (χ1) is 4.74. The second-order valence-corrected chi connectivity index (χ2v) is 2.88. The van der Waals surface area contributed by atoms with Gasteiger partial charge in [0, 0.05) is 19.5 Å². The van der Waals surface area contributed by atoms with Crippen LogP contribution in [0.5, 0.6) is 0 Å². The Labute approximate surface area is 61.0 Å². The van der Waals surface area contributed by atoms with Gasteiger partial charge in [0.25, 0.3) is 0 Å². The number of nitrogens with two attached hydrogens (primary N) is 1. The normalized spacial score (nSPS) is 20.2. The van der Waals surface area contributed by atoms with Gasteiger partial charge in [-0.2, -0.15) is 0 Å². The molecule has 1 atom stereocenters. The fraction of sp³-hybridized carbons (Fsp3) is 0.857. The average molecular weight is 142 g/mol. The molecule has 3 nitrogen and oxygen atoms in total. The van der Waals surface area contributed by atoms with Crippen LogP contribution in [0.2, 0.25) is 0 Å². The van der Waals surface area contributed by atoms with Crippen molar-refractivity contribution in [2.45, 2.75) is 25.8 Å². The molecule has 1 aliphatic rings. The zero-order chi connectivity index (χ0) is 7.56. The van der Waals surface area contributed by atoms with Gasteiger partial charge in [-0.15, -0.1) is 0 Å². The molecular weight excluding hydrogens is 128 g/mol. The summed E-state index contributed by atoms with van der Waals surface area (Å²) >= 11 is 0. The lowest BCUT2D eigenvalue weighted by molar-refractivity contribution is -0.119. The van der Waals surface area contributed by atoms with Crippen LogP contribution in [0.3, 0.4) is 0 Å². The zero-order valence-corrected chi connectivity index (χ0v) is 6.26. The predicted octanol–water partition coefficient (Wildman–Crippen LogP) is -0.140. The molecular formula is C7H14N2O. The Balaban J connectivity index is 2.25. The second kappa shape index (κ2) is 3.01. The fourth-order valence-electron chi connectivity index (χ4n) is 1.13. The Bertz CT molecular complexity index is 132. The number of nitrogens with one attached hydrogen (secondary N) is 1. The van der Waals surface area contributed by atoms with Crippen LogP contribution in [0, 0.1) is 5.92 Å². The Morgan fingerprint density at radius 1 is 1.80 bits per heavy atom. The van der Waals surface area contributed by atoms with Crippen molar-refractivity contribution in [2.24, 2.45) is 11.7 Å². The van der Waals surface area contributed by atoms with Crippen molar-refractivity contribution >= 4 is 5.91 Å². The van der Waals surface area contributed by atoms with Crippen LogP contribution < -0.4 is 11.1 Å². The molecule has 1 saturated carbocycles. The number of hydrogen-bond acceptors (Lipinski definition) is 2. The van der Waals surface area contributed by atoms with Crippen molar-refractivity contribution in [1.82, 2.24) is 5.32 Å². The lowest BCUT2D eigenvalue weighted by atomic mass is 10.2. The van der Waals surface area contributed by atoms with Crippen LogP contribution in [0.25, 0.3) is 0 Å². The third-order valence-corrected chi connectivity index (χ3v) is 1.83. The minimum absolute atomic E-state index is 0.0300. The van der Waals surface area contributed by atoms with Gasteiger partial charge in [0.15, 0.2) is 0 Å². The highest BCUT2D eigenvalue weighted by atomic mass is 16.1. The highest BCUT2D eigenvalue weighted by molar-refractivity contribution is 5.73. The van der Waals surface area contributed by atoms with E-state index in [2.05, 4.69) is 5.32 Å². The second-order valence-electron chi connectivity index (χ2n) is 2.88. The van der Waals surface area contributed by atoms with Crippen molar-refractivity contribution in [1.29, 1.82) is 0 Å². The number of rotatable bonds is 3.